The third-order valence-corrected chi connectivity index (χ3v) is 2.89. The molecule has 4 nitrogen and oxygen atoms in total. The molecule has 94 valence electrons. The molecule has 4 heteroatoms. The molecule has 0 aliphatic rings. The van der Waals surface area contributed by atoms with Crippen LogP contribution in [0.15, 0.2) is 24.7 Å². The van der Waals surface area contributed by atoms with Crippen LogP contribution >= 0.6 is 0 Å². The summed E-state index contributed by atoms with van der Waals surface area (Å²) in [5.41, 5.74) is 3.78. The Labute approximate surface area is 107 Å². The van der Waals surface area contributed by atoms with Crippen LogP contribution in [0.25, 0.3) is 11.4 Å². The van der Waals surface area contributed by atoms with Crippen LogP contribution in [0.4, 0.5) is 0 Å². The Hall–Kier alpha value is -1.81. The van der Waals surface area contributed by atoms with Crippen LogP contribution in [0.2, 0.25) is 0 Å². The Morgan fingerprint density at radius 1 is 1.28 bits per heavy atom. The van der Waals surface area contributed by atoms with Crippen LogP contribution in [0.5, 0.6) is 0 Å². The van der Waals surface area contributed by atoms with Crippen molar-refractivity contribution >= 4 is 0 Å². The first-order chi connectivity index (χ1) is 8.76. The van der Waals surface area contributed by atoms with Gasteiger partial charge in [0.2, 0.25) is 0 Å². The summed E-state index contributed by atoms with van der Waals surface area (Å²) < 4.78 is 0. The number of aliphatic hydroxyl groups is 1. The molecule has 0 bridgehead atoms. The molecule has 1 N–H and O–H groups in total. The molecule has 0 saturated heterocycles. The van der Waals surface area contributed by atoms with E-state index in [9.17, 15) is 5.11 Å². The van der Waals surface area contributed by atoms with Gasteiger partial charge in [0.15, 0.2) is 5.82 Å². The second-order valence-electron chi connectivity index (χ2n) is 4.26. The van der Waals surface area contributed by atoms with Gasteiger partial charge in [-0.2, -0.15) is 0 Å². The molecule has 0 amide bonds. The van der Waals surface area contributed by atoms with E-state index in [1.165, 1.54) is 0 Å². The monoisotopic (exact) mass is 243 g/mol. The highest BCUT2D eigenvalue weighted by molar-refractivity contribution is 5.58. The average molecular weight is 243 g/mol. The van der Waals surface area contributed by atoms with Crippen LogP contribution in [-0.4, -0.2) is 20.1 Å². The van der Waals surface area contributed by atoms with Crippen LogP contribution in [0.1, 0.15) is 30.2 Å². The minimum Gasteiger partial charge on any atom is -0.392 e. The molecule has 18 heavy (non-hydrogen) atoms. The van der Waals surface area contributed by atoms with E-state index in [0.29, 0.717) is 5.82 Å². The zero-order chi connectivity index (χ0) is 13.0. The molecule has 0 atom stereocenters. The molecule has 2 aromatic heterocycles. The number of aliphatic hydroxyl groups excluding tert-OH is 1. The van der Waals surface area contributed by atoms with Crippen LogP contribution in [0.3, 0.4) is 0 Å². The molecule has 0 fully saturated rings. The van der Waals surface area contributed by atoms with Gasteiger partial charge in [0, 0.05) is 35.4 Å². The highest BCUT2D eigenvalue weighted by atomic mass is 16.3. The lowest BCUT2D eigenvalue weighted by molar-refractivity contribution is 0.279. The van der Waals surface area contributed by atoms with E-state index in [-0.39, 0.29) is 6.61 Å². The molecule has 2 heterocycles. The van der Waals surface area contributed by atoms with E-state index < -0.39 is 0 Å². The molecular weight excluding hydrogens is 226 g/mol. The fourth-order valence-corrected chi connectivity index (χ4v) is 1.86. The topological polar surface area (TPSA) is 58.9 Å². The molecule has 0 unspecified atom stereocenters. The number of hydrogen-bond donors (Lipinski definition) is 1. The first kappa shape index (κ1) is 12.6. The number of hydrogen-bond acceptors (Lipinski definition) is 4. The van der Waals surface area contributed by atoms with Gasteiger partial charge in [-0.3, -0.25) is 4.98 Å². The van der Waals surface area contributed by atoms with Crippen molar-refractivity contribution in [3.05, 3.63) is 41.5 Å². The van der Waals surface area contributed by atoms with Crippen molar-refractivity contribution in [3.8, 4) is 11.4 Å². The lowest BCUT2D eigenvalue weighted by Crippen LogP contribution is -2.02. The second-order valence-corrected chi connectivity index (χ2v) is 4.26. The molecule has 0 aromatic carbocycles. The van der Waals surface area contributed by atoms with E-state index in [0.717, 1.165) is 35.2 Å². The van der Waals surface area contributed by atoms with Crippen LogP contribution in [0, 0.1) is 6.92 Å². The quantitative estimate of drug-likeness (QED) is 0.895. The Morgan fingerprint density at radius 3 is 2.78 bits per heavy atom. The molecule has 0 saturated carbocycles. The highest BCUT2D eigenvalue weighted by Gasteiger charge is 2.09. The Bertz CT molecular complexity index is 540. The first-order valence-electron chi connectivity index (χ1n) is 6.13. The van der Waals surface area contributed by atoms with Crippen molar-refractivity contribution in [1.82, 2.24) is 15.0 Å². The SMILES string of the molecule is CCCc1nc(-c2cnccc2C)ncc1CO. The van der Waals surface area contributed by atoms with E-state index >= 15 is 0 Å². The van der Waals surface area contributed by atoms with Gasteiger partial charge in [-0.15, -0.1) is 0 Å². The van der Waals surface area contributed by atoms with E-state index in [1.54, 1.807) is 18.6 Å². The summed E-state index contributed by atoms with van der Waals surface area (Å²) in [6.07, 6.45) is 7.09. The van der Waals surface area contributed by atoms with Crippen molar-refractivity contribution < 1.29 is 5.11 Å². The summed E-state index contributed by atoms with van der Waals surface area (Å²) in [5.74, 6) is 0.682. The van der Waals surface area contributed by atoms with Crippen LogP contribution < -0.4 is 0 Å². The zero-order valence-electron chi connectivity index (χ0n) is 10.7. The summed E-state index contributed by atoms with van der Waals surface area (Å²) in [7, 11) is 0. The molecule has 0 aliphatic heterocycles. The number of nitrogens with zero attached hydrogens (tertiary/aromatic N) is 3. The van der Waals surface area contributed by atoms with Crippen LogP contribution in [-0.2, 0) is 13.0 Å². The fourth-order valence-electron chi connectivity index (χ4n) is 1.86. The minimum atomic E-state index is -0.0123. The predicted octanol–water partition coefficient (Wildman–Crippen LogP) is 2.29. The minimum absolute atomic E-state index is 0.0123. The van der Waals surface area contributed by atoms with Gasteiger partial charge in [-0.05, 0) is 25.0 Å². The highest BCUT2D eigenvalue weighted by Crippen LogP contribution is 2.19. The Morgan fingerprint density at radius 2 is 2.11 bits per heavy atom. The lowest BCUT2D eigenvalue weighted by atomic mass is 10.1. The molecule has 0 spiro atoms. The van der Waals surface area contributed by atoms with Gasteiger partial charge in [0.1, 0.15) is 0 Å². The normalized spacial score (nSPS) is 10.6. The van der Waals surface area contributed by atoms with E-state index in [1.807, 2.05) is 13.0 Å². The first-order valence-corrected chi connectivity index (χ1v) is 6.13. The second kappa shape index (κ2) is 5.69. The van der Waals surface area contributed by atoms with E-state index in [2.05, 4.69) is 21.9 Å². The maximum absolute atomic E-state index is 9.27. The summed E-state index contributed by atoms with van der Waals surface area (Å²) in [4.78, 5) is 13.0. The maximum Gasteiger partial charge on any atom is 0.161 e. The summed E-state index contributed by atoms with van der Waals surface area (Å²) in [6, 6.07) is 1.94. The smallest absolute Gasteiger partial charge is 0.161 e. The van der Waals surface area contributed by atoms with Gasteiger partial charge in [0.05, 0.1) is 6.61 Å². The van der Waals surface area contributed by atoms with Gasteiger partial charge in [-0.1, -0.05) is 13.3 Å². The van der Waals surface area contributed by atoms with Gasteiger partial charge in [0.25, 0.3) is 0 Å². The summed E-state index contributed by atoms with van der Waals surface area (Å²) in [6.45, 7) is 4.10. The number of rotatable bonds is 4. The van der Waals surface area contributed by atoms with Crippen molar-refractivity contribution in [2.24, 2.45) is 0 Å². The number of pyridine rings is 1. The standard InChI is InChI=1S/C14H17N3O/c1-3-4-13-11(9-18)7-16-14(17-13)12-8-15-6-5-10(12)2/h5-8,18H,3-4,9H2,1-2H3. The Kier molecular flexibility index (Phi) is 3.99. The van der Waals surface area contributed by atoms with Crippen molar-refractivity contribution in [2.45, 2.75) is 33.3 Å². The summed E-state index contributed by atoms with van der Waals surface area (Å²) >= 11 is 0. The molecule has 0 radical (unpaired) electrons. The summed E-state index contributed by atoms with van der Waals surface area (Å²) in [5, 5.41) is 9.27. The third-order valence-electron chi connectivity index (χ3n) is 2.89. The zero-order valence-corrected chi connectivity index (χ0v) is 10.7. The predicted molar refractivity (Wildman–Crippen MR) is 69.9 cm³/mol. The third kappa shape index (κ3) is 2.54. The van der Waals surface area contributed by atoms with Gasteiger partial charge in [-0.25, -0.2) is 9.97 Å². The molecular formula is C14H17N3O. The van der Waals surface area contributed by atoms with Gasteiger partial charge < -0.3 is 5.11 Å². The Balaban J connectivity index is 2.47. The average Bonchev–Trinajstić information content (AvgIpc) is 2.40. The maximum atomic E-state index is 9.27. The largest absolute Gasteiger partial charge is 0.392 e. The molecule has 2 rings (SSSR count). The number of aryl methyl sites for hydroxylation is 2. The van der Waals surface area contributed by atoms with Crippen molar-refractivity contribution in [1.29, 1.82) is 0 Å². The van der Waals surface area contributed by atoms with Crippen molar-refractivity contribution in [2.75, 3.05) is 0 Å². The van der Waals surface area contributed by atoms with E-state index in [4.69, 9.17) is 0 Å². The van der Waals surface area contributed by atoms with Crippen molar-refractivity contribution in [3.63, 3.8) is 0 Å². The fraction of sp³-hybridized carbons (Fsp3) is 0.357. The lowest BCUT2D eigenvalue weighted by Gasteiger charge is -2.08. The number of aromatic nitrogens is 3. The molecule has 0 aliphatic carbocycles. The van der Waals surface area contributed by atoms with Gasteiger partial charge >= 0.3 is 0 Å². The molecule has 2 aromatic rings.